The molecule has 0 amide bonds. The molecular weight excluding hydrogens is 268 g/mol. The van der Waals surface area contributed by atoms with E-state index in [9.17, 15) is 0 Å². The van der Waals surface area contributed by atoms with Crippen LogP contribution in [-0.2, 0) is 11.3 Å². The second kappa shape index (κ2) is 7.60. The summed E-state index contributed by atoms with van der Waals surface area (Å²) in [7, 11) is 0. The number of unbranched alkanes of at least 4 members (excludes halogenated alkanes) is 5. The number of rotatable bonds is 9. The van der Waals surface area contributed by atoms with Crippen LogP contribution in [0.15, 0.2) is 30.3 Å². The van der Waals surface area contributed by atoms with Crippen molar-refractivity contribution in [1.29, 1.82) is 0 Å². The first-order valence-corrected chi connectivity index (χ1v) is 8.70. The highest BCUT2D eigenvalue weighted by molar-refractivity contribution is 6.05. The number of benzene rings is 2. The molecule has 22 heavy (non-hydrogen) atoms. The van der Waals surface area contributed by atoms with Gasteiger partial charge in [-0.15, -0.1) is 0 Å². The average molecular weight is 294 g/mol. The molecular formula is C21H26O. The second-order valence-corrected chi connectivity index (χ2v) is 6.24. The number of ether oxygens (including phenoxy) is 1. The Hall–Kier alpha value is -1.60. The first-order valence-electron chi connectivity index (χ1n) is 8.70. The van der Waals surface area contributed by atoms with Gasteiger partial charge in [0.1, 0.15) is 0 Å². The third kappa shape index (κ3) is 3.41. The summed E-state index contributed by atoms with van der Waals surface area (Å²) in [5, 5.41) is 2.74. The molecule has 1 aliphatic carbocycles. The molecule has 2 aromatic carbocycles. The highest BCUT2D eigenvalue weighted by atomic mass is 16.5. The predicted molar refractivity (Wildman–Crippen MR) is 95.9 cm³/mol. The topological polar surface area (TPSA) is 9.23 Å². The van der Waals surface area contributed by atoms with Crippen LogP contribution in [0.4, 0.5) is 0 Å². The highest BCUT2D eigenvalue weighted by Crippen LogP contribution is 2.33. The SMILES string of the molecule is CCCCCCCCOCc1ccc2c3c(cccc13)C=C2. The van der Waals surface area contributed by atoms with Gasteiger partial charge in [-0.2, -0.15) is 0 Å². The van der Waals surface area contributed by atoms with E-state index in [0.29, 0.717) is 0 Å². The van der Waals surface area contributed by atoms with Crippen molar-refractivity contribution < 1.29 is 4.74 Å². The largest absolute Gasteiger partial charge is 0.377 e. The van der Waals surface area contributed by atoms with E-state index < -0.39 is 0 Å². The summed E-state index contributed by atoms with van der Waals surface area (Å²) in [6, 6.07) is 11.0. The summed E-state index contributed by atoms with van der Waals surface area (Å²) in [5.74, 6) is 0. The van der Waals surface area contributed by atoms with Gasteiger partial charge >= 0.3 is 0 Å². The zero-order chi connectivity index (χ0) is 15.2. The Labute approximate surface area is 134 Å². The Balaban J connectivity index is 1.51. The van der Waals surface area contributed by atoms with Gasteiger partial charge in [-0.1, -0.05) is 81.5 Å². The van der Waals surface area contributed by atoms with Crippen molar-refractivity contribution >= 4 is 22.9 Å². The van der Waals surface area contributed by atoms with Crippen molar-refractivity contribution in [2.75, 3.05) is 6.61 Å². The summed E-state index contributed by atoms with van der Waals surface area (Å²) in [6.07, 6.45) is 12.3. The highest BCUT2D eigenvalue weighted by Gasteiger charge is 2.11. The van der Waals surface area contributed by atoms with Crippen LogP contribution in [0.25, 0.3) is 22.9 Å². The van der Waals surface area contributed by atoms with Crippen molar-refractivity contribution in [1.82, 2.24) is 0 Å². The molecule has 0 N–H and O–H groups in total. The quantitative estimate of drug-likeness (QED) is 0.427. The molecule has 0 radical (unpaired) electrons. The van der Waals surface area contributed by atoms with E-state index in [1.807, 2.05) is 0 Å². The normalized spacial score (nSPS) is 12.4. The summed E-state index contributed by atoms with van der Waals surface area (Å²) in [4.78, 5) is 0. The fourth-order valence-corrected chi connectivity index (χ4v) is 3.27. The Kier molecular flexibility index (Phi) is 5.29. The lowest BCUT2D eigenvalue weighted by Gasteiger charge is -2.10. The first kappa shape index (κ1) is 15.3. The van der Waals surface area contributed by atoms with E-state index in [1.165, 1.54) is 66.0 Å². The van der Waals surface area contributed by atoms with Crippen LogP contribution < -0.4 is 0 Å². The predicted octanol–water partition coefficient (Wildman–Crippen LogP) is 6.20. The van der Waals surface area contributed by atoms with Crippen LogP contribution in [0.3, 0.4) is 0 Å². The minimum absolute atomic E-state index is 0.731. The third-order valence-electron chi connectivity index (χ3n) is 4.54. The Morgan fingerprint density at radius 2 is 1.59 bits per heavy atom. The van der Waals surface area contributed by atoms with Crippen LogP contribution in [0.2, 0.25) is 0 Å². The van der Waals surface area contributed by atoms with Crippen molar-refractivity contribution in [3.8, 4) is 0 Å². The number of hydrogen-bond donors (Lipinski definition) is 0. The van der Waals surface area contributed by atoms with Gasteiger partial charge in [0.05, 0.1) is 6.61 Å². The minimum atomic E-state index is 0.731. The number of hydrogen-bond acceptors (Lipinski definition) is 1. The van der Waals surface area contributed by atoms with Crippen molar-refractivity contribution in [2.24, 2.45) is 0 Å². The summed E-state index contributed by atoms with van der Waals surface area (Å²) in [5.41, 5.74) is 3.99. The molecule has 0 aliphatic heterocycles. The minimum Gasteiger partial charge on any atom is -0.377 e. The smallest absolute Gasteiger partial charge is 0.0722 e. The Morgan fingerprint density at radius 3 is 2.45 bits per heavy atom. The molecule has 0 bridgehead atoms. The molecule has 0 aromatic heterocycles. The van der Waals surface area contributed by atoms with Crippen LogP contribution in [0, 0.1) is 0 Å². The molecule has 1 aliphatic rings. The molecule has 3 rings (SSSR count). The van der Waals surface area contributed by atoms with Crippen molar-refractivity contribution in [2.45, 2.75) is 52.1 Å². The molecule has 2 aromatic rings. The lowest BCUT2D eigenvalue weighted by molar-refractivity contribution is 0.117. The van der Waals surface area contributed by atoms with Crippen LogP contribution in [-0.4, -0.2) is 6.61 Å². The Morgan fingerprint density at radius 1 is 0.818 bits per heavy atom. The van der Waals surface area contributed by atoms with E-state index in [2.05, 4.69) is 49.4 Å². The molecule has 116 valence electrons. The zero-order valence-corrected chi connectivity index (χ0v) is 13.6. The monoisotopic (exact) mass is 294 g/mol. The molecule has 0 saturated carbocycles. The first-order chi connectivity index (χ1) is 10.9. The standard InChI is InChI=1S/C21H26O/c1-2-3-4-5-6-7-15-22-16-19-14-13-18-12-11-17-9-8-10-20(19)21(17)18/h8-14H,2-7,15-16H2,1H3. The fourth-order valence-electron chi connectivity index (χ4n) is 3.27. The zero-order valence-electron chi connectivity index (χ0n) is 13.6. The van der Waals surface area contributed by atoms with E-state index in [4.69, 9.17) is 4.74 Å². The van der Waals surface area contributed by atoms with E-state index in [-0.39, 0.29) is 0 Å². The van der Waals surface area contributed by atoms with E-state index in [1.54, 1.807) is 0 Å². The molecule has 0 spiro atoms. The van der Waals surface area contributed by atoms with Gasteiger partial charge in [-0.25, -0.2) is 0 Å². The summed E-state index contributed by atoms with van der Waals surface area (Å²) < 4.78 is 5.91. The lowest BCUT2D eigenvalue weighted by atomic mass is 10.00. The van der Waals surface area contributed by atoms with Gasteiger partial charge in [0.25, 0.3) is 0 Å². The maximum absolute atomic E-state index is 5.91. The third-order valence-corrected chi connectivity index (χ3v) is 4.54. The molecule has 0 unspecified atom stereocenters. The average Bonchev–Trinajstić information content (AvgIpc) is 2.97. The fraction of sp³-hybridized carbons (Fsp3) is 0.429. The molecule has 0 fully saturated rings. The second-order valence-electron chi connectivity index (χ2n) is 6.24. The van der Waals surface area contributed by atoms with Crippen LogP contribution in [0.5, 0.6) is 0 Å². The van der Waals surface area contributed by atoms with E-state index in [0.717, 1.165) is 13.2 Å². The summed E-state index contributed by atoms with van der Waals surface area (Å²) in [6.45, 7) is 3.87. The lowest BCUT2D eigenvalue weighted by Crippen LogP contribution is -1.97. The van der Waals surface area contributed by atoms with Gasteiger partial charge in [0.2, 0.25) is 0 Å². The molecule has 0 saturated heterocycles. The maximum Gasteiger partial charge on any atom is 0.0722 e. The van der Waals surface area contributed by atoms with Gasteiger partial charge in [0, 0.05) is 6.61 Å². The molecule has 1 nitrogen and oxygen atoms in total. The van der Waals surface area contributed by atoms with E-state index >= 15 is 0 Å². The van der Waals surface area contributed by atoms with Gasteiger partial charge in [-0.3, -0.25) is 0 Å². The Bertz CT molecular complexity index is 642. The molecule has 1 heteroatoms. The molecule has 0 atom stereocenters. The van der Waals surface area contributed by atoms with Crippen molar-refractivity contribution in [3.63, 3.8) is 0 Å². The van der Waals surface area contributed by atoms with Crippen LogP contribution >= 0.6 is 0 Å². The van der Waals surface area contributed by atoms with Crippen LogP contribution in [0.1, 0.15) is 62.1 Å². The van der Waals surface area contributed by atoms with Gasteiger partial charge in [0.15, 0.2) is 0 Å². The maximum atomic E-state index is 5.91. The van der Waals surface area contributed by atoms with Gasteiger partial charge < -0.3 is 4.74 Å². The molecule has 0 heterocycles. The summed E-state index contributed by atoms with van der Waals surface area (Å²) >= 11 is 0. The van der Waals surface area contributed by atoms with Crippen molar-refractivity contribution in [3.05, 3.63) is 47.0 Å². The van der Waals surface area contributed by atoms with Gasteiger partial charge in [-0.05, 0) is 33.9 Å².